The molecule has 36 heavy (non-hydrogen) atoms. The number of phenolic OH excluding ortho intramolecular Hbond substituents is 1. The summed E-state index contributed by atoms with van der Waals surface area (Å²) < 4.78 is 0. The van der Waals surface area contributed by atoms with E-state index in [1.165, 1.54) is 22.3 Å². The van der Waals surface area contributed by atoms with Crippen LogP contribution in [-0.2, 0) is 5.41 Å². The van der Waals surface area contributed by atoms with Crippen molar-refractivity contribution >= 4 is 5.57 Å². The lowest BCUT2D eigenvalue weighted by Crippen LogP contribution is -2.32. The first-order valence-electron chi connectivity index (χ1n) is 13.1. The van der Waals surface area contributed by atoms with Crippen LogP contribution in [0.3, 0.4) is 0 Å². The quantitative estimate of drug-likeness (QED) is 0.344. The topological polar surface area (TPSA) is 63.9 Å². The predicted molar refractivity (Wildman–Crippen MR) is 147 cm³/mol. The molecule has 3 aromatic carbocycles. The Morgan fingerprint density at radius 3 is 2.00 bits per heavy atom. The Kier molecular flexibility index (Phi) is 8.63. The monoisotopic (exact) mass is 485 g/mol. The number of rotatable bonds is 9. The zero-order chi connectivity index (χ0) is 25.5. The molecule has 0 amide bonds. The number of piperidine rings is 1. The largest absolute Gasteiger partial charge is 0.508 e. The number of phenols is 1. The van der Waals surface area contributed by atoms with E-state index < -0.39 is 11.5 Å². The number of likely N-dealkylation sites (tertiary alicyclic amines) is 1. The Morgan fingerprint density at radius 1 is 0.889 bits per heavy atom. The maximum atomic E-state index is 10.7. The van der Waals surface area contributed by atoms with Crippen molar-refractivity contribution in [3.63, 3.8) is 0 Å². The normalized spacial score (nSPS) is 15.6. The van der Waals surface area contributed by atoms with Gasteiger partial charge < -0.3 is 20.2 Å². The average Bonchev–Trinajstić information content (AvgIpc) is 2.90. The fourth-order valence-corrected chi connectivity index (χ4v) is 5.17. The molecule has 0 spiro atoms. The Bertz CT molecular complexity index is 1100. The summed E-state index contributed by atoms with van der Waals surface area (Å²) in [6.07, 6.45) is 3.05. The number of aromatic hydroxyl groups is 1. The van der Waals surface area contributed by atoms with Crippen LogP contribution in [0.4, 0.5) is 0 Å². The maximum Gasteiger partial charge on any atom is 0.119 e. The van der Waals surface area contributed by atoms with E-state index >= 15 is 0 Å². The minimum atomic E-state index is -0.606. The molecule has 0 aliphatic carbocycles. The highest BCUT2D eigenvalue weighted by molar-refractivity contribution is 5.82. The van der Waals surface area contributed by atoms with Crippen LogP contribution in [0.15, 0.2) is 84.4 Å². The summed E-state index contributed by atoms with van der Waals surface area (Å²) >= 11 is 0. The SMILES string of the molecule is CC(C)(CO)c1ccc(C(O)CCCN2CCC(=C(c3ccccc3)c3ccccc3)CC2)cc1O. The molecule has 0 saturated carbocycles. The van der Waals surface area contributed by atoms with E-state index in [1.807, 2.05) is 26.0 Å². The van der Waals surface area contributed by atoms with Gasteiger partial charge in [-0.25, -0.2) is 0 Å². The molecule has 1 saturated heterocycles. The molecule has 4 rings (SSSR count). The number of aliphatic hydroxyl groups is 2. The molecule has 3 aromatic rings. The summed E-state index contributed by atoms with van der Waals surface area (Å²) in [7, 11) is 0. The highest BCUT2D eigenvalue weighted by Gasteiger charge is 2.24. The Hall–Kier alpha value is -2.92. The molecule has 1 unspecified atom stereocenters. The van der Waals surface area contributed by atoms with E-state index in [2.05, 4.69) is 65.6 Å². The lowest BCUT2D eigenvalue weighted by Gasteiger charge is -2.30. The summed E-state index contributed by atoms with van der Waals surface area (Å²) in [5.41, 5.74) is 6.37. The lowest BCUT2D eigenvalue weighted by molar-refractivity contribution is 0.153. The smallest absolute Gasteiger partial charge is 0.119 e. The molecular weight excluding hydrogens is 446 g/mol. The first-order chi connectivity index (χ1) is 17.4. The molecule has 1 aliphatic heterocycles. The number of hydrogen-bond donors (Lipinski definition) is 3. The van der Waals surface area contributed by atoms with Crippen molar-refractivity contribution < 1.29 is 15.3 Å². The molecule has 1 aliphatic rings. The van der Waals surface area contributed by atoms with Crippen molar-refractivity contribution in [3.05, 3.63) is 107 Å². The lowest BCUT2D eigenvalue weighted by atomic mass is 9.84. The molecule has 1 atom stereocenters. The summed E-state index contributed by atoms with van der Waals surface area (Å²) in [6, 6.07) is 26.7. The second-order valence-electron chi connectivity index (χ2n) is 10.5. The first kappa shape index (κ1) is 26.2. The number of benzene rings is 3. The third-order valence-corrected chi connectivity index (χ3v) is 7.42. The van der Waals surface area contributed by atoms with E-state index in [-0.39, 0.29) is 12.4 Å². The molecule has 190 valence electrons. The van der Waals surface area contributed by atoms with E-state index in [9.17, 15) is 15.3 Å². The number of aliphatic hydroxyl groups excluding tert-OH is 2. The molecule has 1 fully saturated rings. The highest BCUT2D eigenvalue weighted by atomic mass is 16.3. The van der Waals surface area contributed by atoms with Gasteiger partial charge in [0, 0.05) is 24.1 Å². The van der Waals surface area contributed by atoms with Gasteiger partial charge in [-0.15, -0.1) is 0 Å². The van der Waals surface area contributed by atoms with Gasteiger partial charge in [0.2, 0.25) is 0 Å². The minimum absolute atomic E-state index is 0.0482. The molecule has 0 radical (unpaired) electrons. The number of hydrogen-bond acceptors (Lipinski definition) is 4. The van der Waals surface area contributed by atoms with Crippen molar-refractivity contribution in [1.82, 2.24) is 4.90 Å². The van der Waals surface area contributed by atoms with Gasteiger partial charge in [-0.05, 0) is 60.6 Å². The molecule has 0 aromatic heterocycles. The molecular formula is C32H39NO3. The Labute approximate surface area is 215 Å². The standard InChI is InChI=1S/C32H39NO3/c1-32(2,23-34)28-16-15-27(22-30(28)36)29(35)14-9-19-33-20-17-26(18-21-33)31(24-10-5-3-6-11-24)25-12-7-4-8-13-25/h3-8,10-13,15-16,22,29,34-36H,9,14,17-21,23H2,1-2H3. The molecule has 4 heteroatoms. The third-order valence-electron chi connectivity index (χ3n) is 7.42. The van der Waals surface area contributed by atoms with Gasteiger partial charge >= 0.3 is 0 Å². The second-order valence-corrected chi connectivity index (χ2v) is 10.5. The van der Waals surface area contributed by atoms with Gasteiger partial charge in [-0.3, -0.25) is 0 Å². The summed E-state index contributed by atoms with van der Waals surface area (Å²) in [4.78, 5) is 2.49. The fourth-order valence-electron chi connectivity index (χ4n) is 5.17. The van der Waals surface area contributed by atoms with E-state index in [1.54, 1.807) is 6.07 Å². The van der Waals surface area contributed by atoms with Crippen LogP contribution < -0.4 is 0 Å². The summed E-state index contributed by atoms with van der Waals surface area (Å²) in [5.74, 6) is 0.133. The van der Waals surface area contributed by atoms with Crippen LogP contribution in [0.1, 0.15) is 67.9 Å². The minimum Gasteiger partial charge on any atom is -0.508 e. The molecule has 1 heterocycles. The van der Waals surface area contributed by atoms with Gasteiger partial charge in [0.25, 0.3) is 0 Å². The third kappa shape index (κ3) is 6.25. The fraction of sp³-hybridized carbons (Fsp3) is 0.375. The zero-order valence-electron chi connectivity index (χ0n) is 21.5. The van der Waals surface area contributed by atoms with E-state index in [4.69, 9.17) is 0 Å². The first-order valence-corrected chi connectivity index (χ1v) is 13.1. The maximum absolute atomic E-state index is 10.7. The Balaban J connectivity index is 1.34. The van der Waals surface area contributed by atoms with Crippen molar-refractivity contribution in [3.8, 4) is 5.75 Å². The van der Waals surface area contributed by atoms with Crippen LogP contribution in [0.5, 0.6) is 5.75 Å². The highest BCUT2D eigenvalue weighted by Crippen LogP contribution is 2.34. The van der Waals surface area contributed by atoms with Crippen LogP contribution >= 0.6 is 0 Å². The van der Waals surface area contributed by atoms with Crippen molar-refractivity contribution in [1.29, 1.82) is 0 Å². The molecule has 0 bridgehead atoms. The van der Waals surface area contributed by atoms with Crippen LogP contribution in [0, 0.1) is 0 Å². The van der Waals surface area contributed by atoms with Crippen LogP contribution in [0.25, 0.3) is 5.57 Å². The average molecular weight is 486 g/mol. The van der Waals surface area contributed by atoms with Gasteiger partial charge in [0.1, 0.15) is 5.75 Å². The summed E-state index contributed by atoms with van der Waals surface area (Å²) in [6.45, 7) is 6.74. The van der Waals surface area contributed by atoms with Gasteiger partial charge in [-0.1, -0.05) is 92.2 Å². The summed E-state index contributed by atoms with van der Waals surface area (Å²) in [5, 5.41) is 30.7. The van der Waals surface area contributed by atoms with Crippen molar-refractivity contribution in [2.24, 2.45) is 0 Å². The van der Waals surface area contributed by atoms with Crippen molar-refractivity contribution in [2.45, 2.75) is 51.0 Å². The zero-order valence-corrected chi connectivity index (χ0v) is 21.5. The van der Waals surface area contributed by atoms with Crippen molar-refractivity contribution in [2.75, 3.05) is 26.2 Å². The number of nitrogens with zero attached hydrogens (tertiary/aromatic N) is 1. The van der Waals surface area contributed by atoms with E-state index in [0.717, 1.165) is 44.5 Å². The van der Waals surface area contributed by atoms with E-state index in [0.29, 0.717) is 12.0 Å². The predicted octanol–water partition coefficient (Wildman–Crippen LogP) is 6.07. The Morgan fingerprint density at radius 2 is 1.47 bits per heavy atom. The van der Waals surface area contributed by atoms with Crippen LogP contribution in [-0.4, -0.2) is 46.5 Å². The van der Waals surface area contributed by atoms with Crippen LogP contribution in [0.2, 0.25) is 0 Å². The van der Waals surface area contributed by atoms with Gasteiger partial charge in [0.15, 0.2) is 0 Å². The second kappa shape index (κ2) is 11.9. The van der Waals surface area contributed by atoms with Gasteiger partial charge in [0.05, 0.1) is 12.7 Å². The molecule has 3 N–H and O–H groups in total. The van der Waals surface area contributed by atoms with Gasteiger partial charge in [-0.2, -0.15) is 0 Å². The molecule has 4 nitrogen and oxygen atoms in total.